The van der Waals surface area contributed by atoms with Gasteiger partial charge in [0.25, 0.3) is 5.91 Å². The Morgan fingerprint density at radius 1 is 1.32 bits per heavy atom. The minimum atomic E-state index is -0.415. The molecule has 4 heteroatoms. The summed E-state index contributed by atoms with van der Waals surface area (Å²) in [4.78, 5) is 11.9. The third-order valence-corrected chi connectivity index (χ3v) is 3.96. The summed E-state index contributed by atoms with van der Waals surface area (Å²) in [6, 6.07) is 5.65. The van der Waals surface area contributed by atoms with Crippen molar-refractivity contribution in [1.82, 2.24) is 5.32 Å². The number of amides is 1. The summed E-state index contributed by atoms with van der Waals surface area (Å²) in [5, 5.41) is 12.4. The van der Waals surface area contributed by atoms with Crippen LogP contribution in [0.1, 0.15) is 42.5 Å². The molecule has 2 rings (SSSR count). The van der Waals surface area contributed by atoms with Gasteiger partial charge in [0.1, 0.15) is 5.82 Å². The molecule has 1 aliphatic carbocycles. The number of carbonyl (C=O) groups excluding carboxylic acids is 1. The lowest BCUT2D eigenvalue weighted by Gasteiger charge is -2.35. The van der Waals surface area contributed by atoms with E-state index in [1.54, 1.807) is 6.07 Å². The zero-order valence-electron chi connectivity index (χ0n) is 11.0. The van der Waals surface area contributed by atoms with Crippen LogP contribution in [0.3, 0.4) is 0 Å². The topological polar surface area (TPSA) is 49.3 Å². The average Bonchev–Trinajstić information content (AvgIpc) is 2.46. The van der Waals surface area contributed by atoms with Crippen LogP contribution < -0.4 is 5.32 Å². The smallest absolute Gasteiger partial charge is 0.251 e. The van der Waals surface area contributed by atoms with Gasteiger partial charge in [-0.1, -0.05) is 25.3 Å². The van der Waals surface area contributed by atoms with Gasteiger partial charge in [0.2, 0.25) is 0 Å². The van der Waals surface area contributed by atoms with Gasteiger partial charge in [-0.3, -0.25) is 4.79 Å². The van der Waals surface area contributed by atoms with Gasteiger partial charge in [-0.05, 0) is 31.0 Å². The molecule has 0 spiro atoms. The Balaban J connectivity index is 1.95. The van der Waals surface area contributed by atoms with Gasteiger partial charge in [0.05, 0.1) is 6.61 Å². The molecule has 3 nitrogen and oxygen atoms in total. The van der Waals surface area contributed by atoms with E-state index in [1.807, 2.05) is 0 Å². The minimum absolute atomic E-state index is 0.0937. The summed E-state index contributed by atoms with van der Waals surface area (Å²) in [7, 11) is 0. The normalized spacial score (nSPS) is 18.0. The van der Waals surface area contributed by atoms with E-state index in [1.165, 1.54) is 24.6 Å². The SMILES string of the molecule is O=C(NCC1(CO)CCCCC1)c1cccc(F)c1. The Morgan fingerprint density at radius 3 is 2.68 bits per heavy atom. The van der Waals surface area contributed by atoms with E-state index < -0.39 is 5.82 Å². The van der Waals surface area contributed by atoms with Crippen molar-refractivity contribution in [2.24, 2.45) is 5.41 Å². The molecule has 0 atom stereocenters. The molecule has 1 aromatic rings. The Morgan fingerprint density at radius 2 is 2.05 bits per heavy atom. The van der Waals surface area contributed by atoms with Gasteiger partial charge < -0.3 is 10.4 Å². The number of aliphatic hydroxyl groups excluding tert-OH is 1. The third kappa shape index (κ3) is 3.53. The van der Waals surface area contributed by atoms with Crippen LogP contribution in [0.25, 0.3) is 0 Å². The summed E-state index contributed by atoms with van der Waals surface area (Å²) in [6.07, 6.45) is 5.26. The van der Waals surface area contributed by atoms with Crippen LogP contribution in [0.2, 0.25) is 0 Å². The van der Waals surface area contributed by atoms with Crippen molar-refractivity contribution < 1.29 is 14.3 Å². The van der Waals surface area contributed by atoms with Crippen molar-refractivity contribution in [2.45, 2.75) is 32.1 Å². The first-order chi connectivity index (χ1) is 9.15. The zero-order valence-corrected chi connectivity index (χ0v) is 11.0. The van der Waals surface area contributed by atoms with Gasteiger partial charge in [0, 0.05) is 17.5 Å². The maximum atomic E-state index is 13.0. The van der Waals surface area contributed by atoms with Crippen LogP contribution in [0.15, 0.2) is 24.3 Å². The summed E-state index contributed by atoms with van der Waals surface area (Å²) in [5.74, 6) is -0.694. The molecule has 0 unspecified atom stereocenters. The second-order valence-electron chi connectivity index (χ2n) is 5.41. The molecule has 0 bridgehead atoms. The molecule has 104 valence electrons. The van der Waals surface area contributed by atoms with Crippen molar-refractivity contribution in [3.63, 3.8) is 0 Å². The van der Waals surface area contributed by atoms with Crippen molar-refractivity contribution in [2.75, 3.05) is 13.2 Å². The molecule has 0 saturated heterocycles. The maximum absolute atomic E-state index is 13.0. The molecule has 19 heavy (non-hydrogen) atoms. The fraction of sp³-hybridized carbons (Fsp3) is 0.533. The highest BCUT2D eigenvalue weighted by Crippen LogP contribution is 2.35. The fourth-order valence-electron chi connectivity index (χ4n) is 2.69. The summed E-state index contributed by atoms with van der Waals surface area (Å²) < 4.78 is 13.0. The highest BCUT2D eigenvalue weighted by atomic mass is 19.1. The van der Waals surface area contributed by atoms with Gasteiger partial charge in [-0.25, -0.2) is 4.39 Å². The summed E-state index contributed by atoms with van der Waals surface area (Å²) in [6.45, 7) is 0.551. The lowest BCUT2D eigenvalue weighted by atomic mass is 9.74. The first-order valence-corrected chi connectivity index (χ1v) is 6.80. The first kappa shape index (κ1) is 14.0. The van der Waals surface area contributed by atoms with Gasteiger partial charge >= 0.3 is 0 Å². The predicted molar refractivity (Wildman–Crippen MR) is 71.3 cm³/mol. The number of nitrogens with one attached hydrogen (secondary N) is 1. The molecular formula is C15H20FNO2. The molecule has 1 aliphatic rings. The molecule has 0 heterocycles. The van der Waals surface area contributed by atoms with Crippen LogP contribution in [0.4, 0.5) is 4.39 Å². The molecule has 0 aliphatic heterocycles. The minimum Gasteiger partial charge on any atom is -0.396 e. The Labute approximate surface area is 112 Å². The quantitative estimate of drug-likeness (QED) is 0.878. The number of rotatable bonds is 4. The Hall–Kier alpha value is -1.42. The van der Waals surface area contributed by atoms with E-state index in [2.05, 4.69) is 5.32 Å². The van der Waals surface area contributed by atoms with Crippen molar-refractivity contribution in [3.8, 4) is 0 Å². The monoisotopic (exact) mass is 265 g/mol. The maximum Gasteiger partial charge on any atom is 0.251 e. The average molecular weight is 265 g/mol. The van der Waals surface area contributed by atoms with Crippen LogP contribution in [-0.4, -0.2) is 24.2 Å². The third-order valence-electron chi connectivity index (χ3n) is 3.96. The second-order valence-corrected chi connectivity index (χ2v) is 5.41. The number of aliphatic hydroxyl groups is 1. The zero-order chi connectivity index (χ0) is 13.7. The molecule has 1 amide bonds. The second kappa shape index (κ2) is 6.15. The van der Waals surface area contributed by atoms with Crippen LogP contribution in [0, 0.1) is 11.2 Å². The van der Waals surface area contributed by atoms with E-state index in [0.717, 1.165) is 25.7 Å². The Kier molecular flexibility index (Phi) is 4.53. The van der Waals surface area contributed by atoms with Gasteiger partial charge in [0.15, 0.2) is 0 Å². The largest absolute Gasteiger partial charge is 0.396 e. The number of hydrogen-bond acceptors (Lipinski definition) is 2. The highest BCUT2D eigenvalue weighted by Gasteiger charge is 2.31. The molecule has 0 aromatic heterocycles. The number of benzene rings is 1. The van der Waals surface area contributed by atoms with E-state index >= 15 is 0 Å². The first-order valence-electron chi connectivity index (χ1n) is 6.80. The highest BCUT2D eigenvalue weighted by molar-refractivity contribution is 5.94. The molecule has 0 radical (unpaired) electrons. The van der Waals surface area contributed by atoms with Crippen LogP contribution in [-0.2, 0) is 0 Å². The molecule has 1 aromatic carbocycles. The predicted octanol–water partition coefficient (Wildman–Crippen LogP) is 2.50. The molecule has 1 fully saturated rings. The molecule has 1 saturated carbocycles. The van der Waals surface area contributed by atoms with E-state index in [-0.39, 0.29) is 17.9 Å². The van der Waals surface area contributed by atoms with Gasteiger partial charge in [-0.15, -0.1) is 0 Å². The van der Waals surface area contributed by atoms with Crippen molar-refractivity contribution in [1.29, 1.82) is 0 Å². The van der Waals surface area contributed by atoms with Crippen LogP contribution >= 0.6 is 0 Å². The Bertz CT molecular complexity index is 442. The van der Waals surface area contributed by atoms with E-state index in [9.17, 15) is 14.3 Å². The lowest BCUT2D eigenvalue weighted by molar-refractivity contribution is 0.0718. The molecular weight excluding hydrogens is 245 g/mol. The summed E-state index contributed by atoms with van der Waals surface area (Å²) >= 11 is 0. The summed E-state index contributed by atoms with van der Waals surface area (Å²) in [5.41, 5.74) is 0.130. The lowest BCUT2D eigenvalue weighted by Crippen LogP contribution is -2.41. The van der Waals surface area contributed by atoms with Gasteiger partial charge in [-0.2, -0.15) is 0 Å². The van der Waals surface area contributed by atoms with Crippen LogP contribution in [0.5, 0.6) is 0 Å². The van der Waals surface area contributed by atoms with E-state index in [4.69, 9.17) is 0 Å². The van der Waals surface area contributed by atoms with Crippen molar-refractivity contribution in [3.05, 3.63) is 35.6 Å². The fourth-order valence-corrected chi connectivity index (χ4v) is 2.69. The number of halogens is 1. The number of hydrogen-bond donors (Lipinski definition) is 2. The number of carbonyl (C=O) groups is 1. The van der Waals surface area contributed by atoms with E-state index in [0.29, 0.717) is 12.1 Å². The van der Waals surface area contributed by atoms with Crippen molar-refractivity contribution >= 4 is 5.91 Å². The standard InChI is InChI=1S/C15H20FNO2/c16-13-6-4-5-12(9-13)14(19)17-10-15(11-18)7-2-1-3-8-15/h4-6,9,18H,1-3,7-8,10-11H2,(H,17,19). The molecule has 2 N–H and O–H groups in total.